The van der Waals surface area contributed by atoms with Gasteiger partial charge < -0.3 is 9.80 Å². The lowest BCUT2D eigenvalue weighted by molar-refractivity contribution is -0.384. The molecule has 2 rings (SSSR count). The van der Waals surface area contributed by atoms with Crippen LogP contribution in [0.1, 0.15) is 6.92 Å². The molecule has 0 unspecified atom stereocenters. The first-order chi connectivity index (χ1) is 9.63. The van der Waals surface area contributed by atoms with Crippen LogP contribution in [0, 0.1) is 10.1 Å². The van der Waals surface area contributed by atoms with Crippen molar-refractivity contribution in [3.63, 3.8) is 0 Å². The molecule has 0 aromatic heterocycles. The van der Waals surface area contributed by atoms with E-state index in [1.54, 1.807) is 35.3 Å². The van der Waals surface area contributed by atoms with Crippen molar-refractivity contribution in [3.8, 4) is 0 Å². The summed E-state index contributed by atoms with van der Waals surface area (Å²) < 4.78 is 0. The number of carbonyl (C=O) groups is 1. The molecule has 6 heteroatoms. The second-order valence-corrected chi connectivity index (χ2v) is 4.56. The number of anilines is 1. The van der Waals surface area contributed by atoms with Crippen molar-refractivity contribution < 1.29 is 9.72 Å². The third kappa shape index (κ3) is 2.96. The lowest BCUT2D eigenvalue weighted by Crippen LogP contribution is -2.48. The Morgan fingerprint density at radius 2 is 1.90 bits per heavy atom. The zero-order valence-electron chi connectivity index (χ0n) is 11.4. The van der Waals surface area contributed by atoms with E-state index >= 15 is 0 Å². The Morgan fingerprint density at radius 3 is 2.50 bits per heavy atom. The molecule has 1 amide bonds. The molecule has 106 valence electrons. The second-order valence-electron chi connectivity index (χ2n) is 4.56. The van der Waals surface area contributed by atoms with E-state index in [1.165, 1.54) is 6.07 Å². The molecule has 1 saturated heterocycles. The van der Waals surface area contributed by atoms with Gasteiger partial charge in [0.1, 0.15) is 5.69 Å². The number of nitrogens with zero attached hydrogens (tertiary/aromatic N) is 3. The molecular weight excluding hydrogens is 258 g/mol. The molecule has 1 aromatic rings. The molecule has 6 nitrogen and oxygen atoms in total. The molecule has 0 spiro atoms. The Kier molecular flexibility index (Phi) is 4.34. The zero-order chi connectivity index (χ0) is 14.5. The highest BCUT2D eigenvalue weighted by molar-refractivity contribution is 5.87. The van der Waals surface area contributed by atoms with E-state index in [2.05, 4.69) is 0 Å². The van der Waals surface area contributed by atoms with Crippen molar-refractivity contribution in [3.05, 3.63) is 46.5 Å². The van der Waals surface area contributed by atoms with Gasteiger partial charge in [0.15, 0.2) is 0 Å². The van der Waals surface area contributed by atoms with Crippen LogP contribution in [-0.4, -0.2) is 41.9 Å². The van der Waals surface area contributed by atoms with Gasteiger partial charge in [-0.2, -0.15) is 0 Å². The molecule has 1 aliphatic rings. The SMILES string of the molecule is C/C=C/C(=O)N1CCN(c2ccccc2[N+](=O)[O-])CC1. The quantitative estimate of drug-likeness (QED) is 0.479. The average Bonchev–Trinajstić information content (AvgIpc) is 2.47. The van der Waals surface area contributed by atoms with Gasteiger partial charge in [-0.3, -0.25) is 14.9 Å². The van der Waals surface area contributed by atoms with Crippen LogP contribution in [0.3, 0.4) is 0 Å². The number of hydrogen-bond acceptors (Lipinski definition) is 4. The monoisotopic (exact) mass is 275 g/mol. The highest BCUT2D eigenvalue weighted by Gasteiger charge is 2.24. The van der Waals surface area contributed by atoms with Crippen molar-refractivity contribution in [2.75, 3.05) is 31.1 Å². The fourth-order valence-electron chi connectivity index (χ4n) is 2.30. The maximum atomic E-state index is 11.7. The van der Waals surface area contributed by atoms with Crippen LogP contribution in [0.5, 0.6) is 0 Å². The summed E-state index contributed by atoms with van der Waals surface area (Å²) in [7, 11) is 0. The molecule has 0 N–H and O–H groups in total. The Balaban J connectivity index is 2.08. The molecule has 1 aliphatic heterocycles. The Hall–Kier alpha value is -2.37. The molecule has 0 radical (unpaired) electrons. The maximum Gasteiger partial charge on any atom is 0.292 e. The molecule has 1 heterocycles. The summed E-state index contributed by atoms with van der Waals surface area (Å²) in [6.45, 7) is 4.17. The predicted molar refractivity (Wildman–Crippen MR) is 76.7 cm³/mol. The topological polar surface area (TPSA) is 66.7 Å². The minimum Gasteiger partial charge on any atom is -0.362 e. The lowest BCUT2D eigenvalue weighted by atomic mass is 10.2. The predicted octanol–water partition coefficient (Wildman–Crippen LogP) is 1.82. The Bertz CT molecular complexity index is 534. The minimum absolute atomic E-state index is 0.00490. The van der Waals surface area contributed by atoms with Gasteiger partial charge in [-0.05, 0) is 19.1 Å². The minimum atomic E-state index is -0.368. The first-order valence-corrected chi connectivity index (χ1v) is 6.53. The summed E-state index contributed by atoms with van der Waals surface area (Å²) in [5, 5.41) is 11.0. The number of carbonyl (C=O) groups excluding carboxylic acids is 1. The summed E-state index contributed by atoms with van der Waals surface area (Å²) >= 11 is 0. The molecule has 0 aliphatic carbocycles. The van der Waals surface area contributed by atoms with Crippen molar-refractivity contribution in [2.24, 2.45) is 0 Å². The van der Waals surface area contributed by atoms with E-state index in [0.29, 0.717) is 31.9 Å². The molecule has 0 saturated carbocycles. The number of rotatable bonds is 3. The van der Waals surface area contributed by atoms with Gasteiger partial charge >= 0.3 is 0 Å². The number of hydrogen-bond donors (Lipinski definition) is 0. The number of benzene rings is 1. The first-order valence-electron chi connectivity index (χ1n) is 6.53. The largest absolute Gasteiger partial charge is 0.362 e. The molecule has 0 atom stereocenters. The van der Waals surface area contributed by atoms with Crippen LogP contribution < -0.4 is 4.90 Å². The lowest BCUT2D eigenvalue weighted by Gasteiger charge is -2.35. The highest BCUT2D eigenvalue weighted by Crippen LogP contribution is 2.28. The Labute approximate surface area is 117 Å². The van der Waals surface area contributed by atoms with E-state index in [4.69, 9.17) is 0 Å². The van der Waals surface area contributed by atoms with Gasteiger partial charge in [-0.1, -0.05) is 18.2 Å². The summed E-state index contributed by atoms with van der Waals surface area (Å²) in [4.78, 5) is 26.1. The van der Waals surface area contributed by atoms with Crippen LogP contribution in [-0.2, 0) is 4.79 Å². The van der Waals surface area contributed by atoms with Crippen LogP contribution in [0.4, 0.5) is 11.4 Å². The van der Waals surface area contributed by atoms with Crippen molar-refractivity contribution >= 4 is 17.3 Å². The van der Waals surface area contributed by atoms with Gasteiger partial charge in [0, 0.05) is 32.2 Å². The number of nitro benzene ring substituents is 1. The molecule has 1 fully saturated rings. The number of piperazine rings is 1. The van der Waals surface area contributed by atoms with E-state index in [0.717, 1.165) is 0 Å². The van der Waals surface area contributed by atoms with Gasteiger partial charge in [0.25, 0.3) is 5.69 Å². The fraction of sp³-hybridized carbons (Fsp3) is 0.357. The zero-order valence-corrected chi connectivity index (χ0v) is 11.4. The first kappa shape index (κ1) is 14.0. The second kappa shape index (κ2) is 6.18. The van der Waals surface area contributed by atoms with E-state index in [-0.39, 0.29) is 16.5 Å². The number of allylic oxidation sites excluding steroid dienone is 1. The van der Waals surface area contributed by atoms with Crippen LogP contribution >= 0.6 is 0 Å². The van der Waals surface area contributed by atoms with E-state index in [1.807, 2.05) is 11.8 Å². The van der Waals surface area contributed by atoms with Gasteiger partial charge in [-0.15, -0.1) is 0 Å². The molecule has 0 bridgehead atoms. The number of amides is 1. The summed E-state index contributed by atoms with van der Waals surface area (Å²) in [5.74, 6) is -0.00490. The normalized spacial score (nSPS) is 15.7. The number of para-hydroxylation sites is 2. The van der Waals surface area contributed by atoms with Gasteiger partial charge in [0.2, 0.25) is 5.91 Å². The highest BCUT2D eigenvalue weighted by atomic mass is 16.6. The maximum absolute atomic E-state index is 11.7. The fourth-order valence-corrected chi connectivity index (χ4v) is 2.30. The summed E-state index contributed by atoms with van der Waals surface area (Å²) in [6, 6.07) is 6.71. The van der Waals surface area contributed by atoms with E-state index in [9.17, 15) is 14.9 Å². The van der Waals surface area contributed by atoms with Crippen molar-refractivity contribution in [1.82, 2.24) is 4.90 Å². The molecule has 20 heavy (non-hydrogen) atoms. The van der Waals surface area contributed by atoms with Crippen LogP contribution in [0.2, 0.25) is 0 Å². The smallest absolute Gasteiger partial charge is 0.292 e. The van der Waals surface area contributed by atoms with Gasteiger partial charge in [-0.25, -0.2) is 0 Å². The van der Waals surface area contributed by atoms with E-state index < -0.39 is 0 Å². The summed E-state index contributed by atoms with van der Waals surface area (Å²) in [6.07, 6.45) is 3.26. The molecular formula is C14H17N3O3. The third-order valence-corrected chi connectivity index (χ3v) is 3.32. The van der Waals surface area contributed by atoms with Crippen LogP contribution in [0.25, 0.3) is 0 Å². The summed E-state index contributed by atoms with van der Waals surface area (Å²) in [5.41, 5.74) is 0.733. The van der Waals surface area contributed by atoms with Crippen molar-refractivity contribution in [1.29, 1.82) is 0 Å². The average molecular weight is 275 g/mol. The standard InChI is InChI=1S/C14H17N3O3/c1-2-5-14(18)16-10-8-15(9-11-16)12-6-3-4-7-13(12)17(19)20/h2-7H,8-11H2,1H3/b5-2+. The van der Waals surface area contributed by atoms with Crippen molar-refractivity contribution in [2.45, 2.75) is 6.92 Å². The molecule has 1 aromatic carbocycles. The number of nitro groups is 1. The van der Waals surface area contributed by atoms with Crippen LogP contribution in [0.15, 0.2) is 36.4 Å². The van der Waals surface area contributed by atoms with Gasteiger partial charge in [0.05, 0.1) is 4.92 Å². The third-order valence-electron chi connectivity index (χ3n) is 3.32. The Morgan fingerprint density at radius 1 is 1.25 bits per heavy atom.